The van der Waals surface area contributed by atoms with Gasteiger partial charge in [-0.25, -0.2) is 4.39 Å². The van der Waals surface area contributed by atoms with E-state index < -0.39 is 0 Å². The van der Waals surface area contributed by atoms with Crippen molar-refractivity contribution in [2.45, 2.75) is 32.2 Å². The van der Waals surface area contributed by atoms with E-state index in [1.165, 1.54) is 12.1 Å². The minimum Gasteiger partial charge on any atom is -0.339 e. The van der Waals surface area contributed by atoms with Gasteiger partial charge in [0, 0.05) is 12.6 Å². The molecule has 0 spiro atoms. The van der Waals surface area contributed by atoms with Crippen LogP contribution >= 0.6 is 0 Å². The summed E-state index contributed by atoms with van der Waals surface area (Å²) in [7, 11) is 0. The van der Waals surface area contributed by atoms with Crippen molar-refractivity contribution in [3.63, 3.8) is 0 Å². The minimum absolute atomic E-state index is 0.109. The maximum atomic E-state index is 12.8. The van der Waals surface area contributed by atoms with Crippen molar-refractivity contribution in [3.8, 4) is 0 Å². The van der Waals surface area contributed by atoms with Crippen molar-refractivity contribution in [1.82, 2.24) is 4.90 Å². The maximum absolute atomic E-state index is 12.8. The summed E-state index contributed by atoms with van der Waals surface area (Å²) in [5.74, 6) is 0.247. The van der Waals surface area contributed by atoms with Crippen molar-refractivity contribution in [2.75, 3.05) is 13.1 Å². The topological polar surface area (TPSA) is 46.3 Å². The predicted molar refractivity (Wildman–Crippen MR) is 73.1 cm³/mol. The molecule has 2 unspecified atom stereocenters. The maximum Gasteiger partial charge on any atom is 0.227 e. The fourth-order valence-corrected chi connectivity index (χ4v) is 2.60. The van der Waals surface area contributed by atoms with Crippen molar-refractivity contribution in [3.05, 3.63) is 35.6 Å². The van der Waals surface area contributed by atoms with Crippen LogP contribution in [0.15, 0.2) is 24.3 Å². The molecule has 1 heterocycles. The van der Waals surface area contributed by atoms with E-state index in [4.69, 9.17) is 5.73 Å². The highest BCUT2D eigenvalue weighted by Crippen LogP contribution is 2.22. The zero-order chi connectivity index (χ0) is 13.8. The van der Waals surface area contributed by atoms with Gasteiger partial charge < -0.3 is 10.6 Å². The third kappa shape index (κ3) is 3.53. The van der Waals surface area contributed by atoms with E-state index >= 15 is 0 Å². The lowest BCUT2D eigenvalue weighted by Crippen LogP contribution is -2.47. The van der Waals surface area contributed by atoms with Crippen LogP contribution in [0.3, 0.4) is 0 Å². The van der Waals surface area contributed by atoms with Crippen LogP contribution in [0.2, 0.25) is 0 Å². The Hall–Kier alpha value is -1.42. The Balaban J connectivity index is 2.00. The molecule has 1 saturated heterocycles. The molecule has 0 bridgehead atoms. The molecule has 1 aromatic rings. The van der Waals surface area contributed by atoms with Crippen molar-refractivity contribution in [2.24, 2.45) is 11.7 Å². The molecule has 1 aromatic carbocycles. The van der Waals surface area contributed by atoms with E-state index in [1.807, 2.05) is 4.90 Å². The Morgan fingerprint density at radius 3 is 2.68 bits per heavy atom. The lowest BCUT2D eigenvalue weighted by molar-refractivity contribution is -0.134. The van der Waals surface area contributed by atoms with E-state index in [9.17, 15) is 9.18 Å². The first kappa shape index (κ1) is 14.0. The number of likely N-dealkylation sites (tertiary alicyclic amines) is 1. The van der Waals surface area contributed by atoms with Crippen LogP contribution in [0.4, 0.5) is 4.39 Å². The monoisotopic (exact) mass is 264 g/mol. The highest BCUT2D eigenvalue weighted by Gasteiger charge is 2.28. The Bertz CT molecular complexity index is 432. The average molecular weight is 264 g/mol. The quantitative estimate of drug-likeness (QED) is 0.907. The van der Waals surface area contributed by atoms with E-state index in [0.717, 1.165) is 24.9 Å². The smallest absolute Gasteiger partial charge is 0.227 e. The highest BCUT2D eigenvalue weighted by atomic mass is 19.1. The van der Waals surface area contributed by atoms with Gasteiger partial charge in [-0.15, -0.1) is 0 Å². The Labute approximate surface area is 113 Å². The first-order valence-corrected chi connectivity index (χ1v) is 6.84. The second-order valence-corrected chi connectivity index (χ2v) is 5.38. The molecule has 1 aliphatic heterocycles. The number of nitrogens with zero attached hydrogens (tertiary/aromatic N) is 1. The standard InChI is InChI=1S/C15H21FN2O/c1-11-2-3-13(9-17)10-18(11)15(19)8-12-4-6-14(16)7-5-12/h4-7,11,13H,2-3,8-10,17H2,1H3. The zero-order valence-corrected chi connectivity index (χ0v) is 11.3. The molecule has 1 fully saturated rings. The molecule has 0 aliphatic carbocycles. The minimum atomic E-state index is -0.272. The lowest BCUT2D eigenvalue weighted by atomic mass is 9.93. The molecule has 0 aromatic heterocycles. The molecule has 1 amide bonds. The number of carbonyl (C=O) groups excluding carboxylic acids is 1. The van der Waals surface area contributed by atoms with Crippen LogP contribution in [-0.4, -0.2) is 29.9 Å². The van der Waals surface area contributed by atoms with E-state index in [-0.39, 0.29) is 17.8 Å². The van der Waals surface area contributed by atoms with Crippen LogP contribution in [-0.2, 0) is 11.2 Å². The van der Waals surface area contributed by atoms with E-state index in [2.05, 4.69) is 6.92 Å². The van der Waals surface area contributed by atoms with Gasteiger partial charge in [-0.3, -0.25) is 4.79 Å². The van der Waals surface area contributed by atoms with Gasteiger partial charge >= 0.3 is 0 Å². The number of piperidine rings is 1. The molecular formula is C15H21FN2O. The van der Waals surface area contributed by atoms with Crippen LogP contribution in [0, 0.1) is 11.7 Å². The molecule has 1 aliphatic rings. The molecule has 4 heteroatoms. The molecule has 0 radical (unpaired) electrons. The largest absolute Gasteiger partial charge is 0.339 e. The fraction of sp³-hybridized carbons (Fsp3) is 0.533. The first-order valence-electron chi connectivity index (χ1n) is 6.84. The SMILES string of the molecule is CC1CCC(CN)CN1C(=O)Cc1ccc(F)cc1. The Morgan fingerprint density at radius 2 is 2.05 bits per heavy atom. The summed E-state index contributed by atoms with van der Waals surface area (Å²) in [5.41, 5.74) is 6.56. The third-order valence-electron chi connectivity index (χ3n) is 3.90. The van der Waals surface area contributed by atoms with Crippen LogP contribution in [0.1, 0.15) is 25.3 Å². The molecule has 2 N–H and O–H groups in total. The van der Waals surface area contributed by atoms with Crippen molar-refractivity contribution >= 4 is 5.91 Å². The summed E-state index contributed by atoms with van der Waals surface area (Å²) in [6.45, 7) is 3.46. The number of benzene rings is 1. The fourth-order valence-electron chi connectivity index (χ4n) is 2.60. The molecular weight excluding hydrogens is 243 g/mol. The van der Waals surface area contributed by atoms with Crippen LogP contribution in [0.25, 0.3) is 0 Å². The molecule has 3 nitrogen and oxygen atoms in total. The van der Waals surface area contributed by atoms with Gasteiger partial charge in [-0.1, -0.05) is 12.1 Å². The summed E-state index contributed by atoms with van der Waals surface area (Å²) < 4.78 is 12.8. The Morgan fingerprint density at radius 1 is 1.37 bits per heavy atom. The summed E-state index contributed by atoms with van der Waals surface area (Å²) in [5, 5.41) is 0. The summed E-state index contributed by atoms with van der Waals surface area (Å²) in [6.07, 6.45) is 2.44. The van der Waals surface area contributed by atoms with Gasteiger partial charge in [-0.05, 0) is 49.9 Å². The van der Waals surface area contributed by atoms with Crippen LogP contribution < -0.4 is 5.73 Å². The number of amides is 1. The summed E-state index contributed by atoms with van der Waals surface area (Å²) in [4.78, 5) is 14.2. The molecule has 2 rings (SSSR count). The molecule has 104 valence electrons. The van der Waals surface area contributed by atoms with Gasteiger partial charge in [0.15, 0.2) is 0 Å². The second-order valence-electron chi connectivity index (χ2n) is 5.38. The van der Waals surface area contributed by atoms with Crippen molar-refractivity contribution in [1.29, 1.82) is 0 Å². The molecule has 19 heavy (non-hydrogen) atoms. The van der Waals surface area contributed by atoms with Gasteiger partial charge in [0.1, 0.15) is 5.82 Å². The van der Waals surface area contributed by atoms with Gasteiger partial charge in [0.05, 0.1) is 6.42 Å². The number of hydrogen-bond donors (Lipinski definition) is 1. The number of nitrogens with two attached hydrogens (primary N) is 1. The average Bonchev–Trinajstić information content (AvgIpc) is 2.42. The number of halogens is 1. The van der Waals surface area contributed by atoms with Gasteiger partial charge in [-0.2, -0.15) is 0 Å². The molecule has 2 atom stereocenters. The predicted octanol–water partition coefficient (Wildman–Crippen LogP) is 1.95. The van der Waals surface area contributed by atoms with Gasteiger partial charge in [0.2, 0.25) is 5.91 Å². The van der Waals surface area contributed by atoms with Crippen molar-refractivity contribution < 1.29 is 9.18 Å². The Kier molecular flexibility index (Phi) is 4.53. The normalized spacial score (nSPS) is 23.4. The van der Waals surface area contributed by atoms with E-state index in [0.29, 0.717) is 18.9 Å². The highest BCUT2D eigenvalue weighted by molar-refractivity contribution is 5.79. The van der Waals surface area contributed by atoms with E-state index in [1.54, 1.807) is 12.1 Å². The number of rotatable bonds is 3. The lowest BCUT2D eigenvalue weighted by Gasteiger charge is -2.37. The zero-order valence-electron chi connectivity index (χ0n) is 11.3. The van der Waals surface area contributed by atoms with Gasteiger partial charge in [0.25, 0.3) is 0 Å². The first-order chi connectivity index (χ1) is 9.10. The number of carbonyl (C=O) groups is 1. The van der Waals surface area contributed by atoms with Crippen LogP contribution in [0.5, 0.6) is 0 Å². The second kappa shape index (κ2) is 6.15. The molecule has 0 saturated carbocycles. The number of hydrogen-bond acceptors (Lipinski definition) is 2. The summed E-state index contributed by atoms with van der Waals surface area (Å²) >= 11 is 0. The third-order valence-corrected chi connectivity index (χ3v) is 3.90. The summed E-state index contributed by atoms with van der Waals surface area (Å²) in [6, 6.07) is 6.40.